The number of carbonyl (C=O) groups excluding carboxylic acids is 1. The molecule has 1 heterocycles. The SMILES string of the molecule is CC1(C(=O)O)CC(C(=O)Nc2ccc(C(F)(F)F)cc2)=NN1c1ccc(Cl)cc1. The molecule has 0 saturated heterocycles. The summed E-state index contributed by atoms with van der Waals surface area (Å²) in [5.74, 6) is -1.89. The molecule has 6 nitrogen and oxygen atoms in total. The smallest absolute Gasteiger partial charge is 0.416 e. The average molecular weight is 426 g/mol. The Morgan fingerprint density at radius 2 is 1.72 bits per heavy atom. The van der Waals surface area contributed by atoms with Crippen LogP contribution in [-0.2, 0) is 15.8 Å². The number of nitrogens with zero attached hydrogens (tertiary/aromatic N) is 2. The van der Waals surface area contributed by atoms with E-state index in [-0.39, 0.29) is 17.8 Å². The number of hydrogen-bond donors (Lipinski definition) is 2. The first-order chi connectivity index (χ1) is 13.5. The maximum atomic E-state index is 12.6. The van der Waals surface area contributed by atoms with Crippen molar-refractivity contribution >= 4 is 40.6 Å². The van der Waals surface area contributed by atoms with Crippen molar-refractivity contribution in [3.8, 4) is 0 Å². The molecular weight excluding hydrogens is 411 g/mol. The summed E-state index contributed by atoms with van der Waals surface area (Å²) >= 11 is 5.86. The minimum atomic E-state index is -4.49. The van der Waals surface area contributed by atoms with Crippen LogP contribution in [0.4, 0.5) is 24.5 Å². The zero-order valence-electron chi connectivity index (χ0n) is 15.0. The summed E-state index contributed by atoms with van der Waals surface area (Å²) < 4.78 is 37.9. The molecule has 2 N–H and O–H groups in total. The van der Waals surface area contributed by atoms with Crippen molar-refractivity contribution in [1.29, 1.82) is 0 Å². The molecule has 1 aliphatic heterocycles. The van der Waals surface area contributed by atoms with Crippen LogP contribution in [0, 0.1) is 0 Å². The average Bonchev–Trinajstić information content (AvgIpc) is 3.01. The van der Waals surface area contributed by atoms with Crippen LogP contribution < -0.4 is 10.3 Å². The number of carboxylic acids is 1. The Bertz CT molecular complexity index is 975. The fourth-order valence-corrected chi connectivity index (χ4v) is 2.96. The van der Waals surface area contributed by atoms with Crippen molar-refractivity contribution in [3.63, 3.8) is 0 Å². The van der Waals surface area contributed by atoms with Crippen molar-refractivity contribution in [1.82, 2.24) is 0 Å². The molecule has 1 atom stereocenters. The Hall–Kier alpha value is -3.07. The van der Waals surface area contributed by atoms with Crippen LogP contribution in [0.3, 0.4) is 0 Å². The first kappa shape index (κ1) is 20.7. The van der Waals surface area contributed by atoms with E-state index in [0.29, 0.717) is 10.7 Å². The number of nitrogens with one attached hydrogen (secondary N) is 1. The maximum absolute atomic E-state index is 12.6. The van der Waals surface area contributed by atoms with Gasteiger partial charge in [-0.25, -0.2) is 9.80 Å². The predicted octanol–water partition coefficient (Wildman–Crippen LogP) is 4.41. The molecule has 3 rings (SSSR count). The second-order valence-corrected chi connectivity index (χ2v) is 7.06. The summed E-state index contributed by atoms with van der Waals surface area (Å²) in [7, 11) is 0. The van der Waals surface area contributed by atoms with Gasteiger partial charge in [-0.15, -0.1) is 0 Å². The van der Waals surface area contributed by atoms with Crippen LogP contribution >= 0.6 is 11.6 Å². The van der Waals surface area contributed by atoms with Crippen molar-refractivity contribution < 1.29 is 27.9 Å². The molecule has 1 amide bonds. The first-order valence-corrected chi connectivity index (χ1v) is 8.74. The molecule has 0 bridgehead atoms. The molecule has 1 unspecified atom stereocenters. The van der Waals surface area contributed by atoms with E-state index in [0.717, 1.165) is 24.3 Å². The zero-order valence-corrected chi connectivity index (χ0v) is 15.8. The summed E-state index contributed by atoms with van der Waals surface area (Å²) in [4.78, 5) is 24.4. The first-order valence-electron chi connectivity index (χ1n) is 8.36. The van der Waals surface area contributed by atoms with Crippen LogP contribution in [0.1, 0.15) is 18.9 Å². The highest BCUT2D eigenvalue weighted by Crippen LogP contribution is 2.34. The van der Waals surface area contributed by atoms with Gasteiger partial charge in [-0.05, 0) is 55.5 Å². The Labute approximate surface area is 168 Å². The summed E-state index contributed by atoms with van der Waals surface area (Å²) in [6.07, 6.45) is -4.68. The van der Waals surface area contributed by atoms with Gasteiger partial charge in [-0.2, -0.15) is 18.3 Å². The molecule has 1 aliphatic rings. The lowest BCUT2D eigenvalue weighted by molar-refractivity contribution is -0.142. The molecule has 0 spiro atoms. The topological polar surface area (TPSA) is 82.0 Å². The number of halogens is 4. The normalized spacial score (nSPS) is 19.1. The van der Waals surface area contributed by atoms with Gasteiger partial charge >= 0.3 is 12.1 Å². The van der Waals surface area contributed by atoms with E-state index >= 15 is 0 Å². The van der Waals surface area contributed by atoms with Gasteiger partial charge in [0.1, 0.15) is 5.71 Å². The molecule has 152 valence electrons. The van der Waals surface area contributed by atoms with Crippen LogP contribution in [0.2, 0.25) is 5.02 Å². The number of hydrazone groups is 1. The van der Waals surface area contributed by atoms with E-state index in [9.17, 15) is 27.9 Å². The van der Waals surface area contributed by atoms with E-state index in [1.807, 2.05) is 0 Å². The third-order valence-corrected chi connectivity index (χ3v) is 4.72. The molecule has 0 aromatic heterocycles. The van der Waals surface area contributed by atoms with E-state index in [1.165, 1.54) is 11.9 Å². The lowest BCUT2D eigenvalue weighted by atomic mass is 9.95. The largest absolute Gasteiger partial charge is 0.479 e. The van der Waals surface area contributed by atoms with Crippen molar-refractivity contribution in [3.05, 3.63) is 59.1 Å². The highest BCUT2D eigenvalue weighted by atomic mass is 35.5. The third-order valence-electron chi connectivity index (χ3n) is 4.46. The fourth-order valence-electron chi connectivity index (χ4n) is 2.83. The van der Waals surface area contributed by atoms with Gasteiger partial charge < -0.3 is 10.4 Å². The Morgan fingerprint density at radius 1 is 1.14 bits per heavy atom. The van der Waals surface area contributed by atoms with E-state index in [2.05, 4.69) is 10.4 Å². The number of aliphatic carboxylic acids is 1. The summed E-state index contributed by atoms with van der Waals surface area (Å²) in [5, 5.41) is 17.9. The molecule has 2 aromatic carbocycles. The van der Waals surface area contributed by atoms with Crippen molar-refractivity contribution in [2.24, 2.45) is 5.10 Å². The maximum Gasteiger partial charge on any atom is 0.416 e. The molecule has 2 aromatic rings. The van der Waals surface area contributed by atoms with Crippen LogP contribution in [0.25, 0.3) is 0 Å². The third kappa shape index (κ3) is 4.19. The Morgan fingerprint density at radius 3 is 2.24 bits per heavy atom. The highest BCUT2D eigenvalue weighted by molar-refractivity contribution is 6.44. The van der Waals surface area contributed by atoms with Gasteiger partial charge in [0.25, 0.3) is 5.91 Å². The number of carboxylic acid groups (broad SMARTS) is 1. The molecule has 0 saturated carbocycles. The quantitative estimate of drug-likeness (QED) is 0.760. The number of benzene rings is 2. The predicted molar refractivity (Wildman–Crippen MR) is 102 cm³/mol. The number of rotatable bonds is 4. The molecule has 0 radical (unpaired) electrons. The van der Waals surface area contributed by atoms with Crippen LogP contribution in [0.15, 0.2) is 53.6 Å². The van der Waals surface area contributed by atoms with Crippen LogP contribution in [-0.4, -0.2) is 28.2 Å². The van der Waals surface area contributed by atoms with E-state index in [4.69, 9.17) is 11.6 Å². The van der Waals surface area contributed by atoms with Gasteiger partial charge in [0.2, 0.25) is 0 Å². The van der Waals surface area contributed by atoms with Crippen LogP contribution in [0.5, 0.6) is 0 Å². The van der Waals surface area contributed by atoms with Gasteiger partial charge in [-0.3, -0.25) is 4.79 Å². The summed E-state index contributed by atoms with van der Waals surface area (Å²) in [6.45, 7) is 1.42. The van der Waals surface area contributed by atoms with E-state index < -0.39 is 29.2 Å². The molecule has 0 fully saturated rings. The zero-order chi connectivity index (χ0) is 21.4. The van der Waals surface area contributed by atoms with Crippen molar-refractivity contribution in [2.45, 2.75) is 25.1 Å². The van der Waals surface area contributed by atoms with Gasteiger partial charge in [0, 0.05) is 17.1 Å². The van der Waals surface area contributed by atoms with Crippen molar-refractivity contribution in [2.75, 3.05) is 10.3 Å². The number of anilines is 2. The number of hydrogen-bond acceptors (Lipinski definition) is 4. The lowest BCUT2D eigenvalue weighted by Crippen LogP contribution is -2.47. The lowest BCUT2D eigenvalue weighted by Gasteiger charge is -2.30. The molecular formula is C19H15ClF3N3O3. The Balaban J connectivity index is 1.84. The standard InChI is InChI=1S/C19H15ClF3N3O3/c1-18(17(28)29)10-15(25-26(18)14-8-4-12(20)5-9-14)16(27)24-13-6-2-11(3-7-13)19(21,22)23/h2-9H,10H2,1H3,(H,24,27)(H,28,29). The fraction of sp³-hybridized carbons (Fsp3) is 0.211. The monoisotopic (exact) mass is 425 g/mol. The molecule has 10 heteroatoms. The molecule has 29 heavy (non-hydrogen) atoms. The number of alkyl halides is 3. The van der Waals surface area contributed by atoms with Gasteiger partial charge in [0.05, 0.1) is 11.3 Å². The summed E-state index contributed by atoms with van der Waals surface area (Å²) in [6, 6.07) is 10.2. The van der Waals surface area contributed by atoms with Gasteiger partial charge in [-0.1, -0.05) is 11.6 Å². The Kier molecular flexibility index (Phi) is 5.27. The highest BCUT2D eigenvalue weighted by Gasteiger charge is 2.47. The number of carbonyl (C=O) groups is 2. The molecule has 0 aliphatic carbocycles. The minimum absolute atomic E-state index is 0.0650. The number of amides is 1. The minimum Gasteiger partial charge on any atom is -0.479 e. The summed E-state index contributed by atoms with van der Waals surface area (Å²) in [5.41, 5.74) is -1.86. The van der Waals surface area contributed by atoms with E-state index in [1.54, 1.807) is 24.3 Å². The van der Waals surface area contributed by atoms with Gasteiger partial charge in [0.15, 0.2) is 5.54 Å². The second kappa shape index (κ2) is 7.40. The second-order valence-electron chi connectivity index (χ2n) is 6.62.